The van der Waals surface area contributed by atoms with Crippen molar-refractivity contribution in [2.75, 3.05) is 13.1 Å². The van der Waals surface area contributed by atoms with Crippen molar-refractivity contribution in [3.05, 3.63) is 0 Å². The molecule has 0 N–H and O–H groups in total. The van der Waals surface area contributed by atoms with Gasteiger partial charge in [0.2, 0.25) is 0 Å². The molecular formula is C12H21NO. The third-order valence-corrected chi connectivity index (χ3v) is 3.86. The molecule has 2 heteroatoms. The van der Waals surface area contributed by atoms with E-state index in [9.17, 15) is 4.79 Å². The molecule has 2 aliphatic rings. The first-order valence-electron chi connectivity index (χ1n) is 6.08. The molecule has 1 heterocycles. The Kier molecular flexibility index (Phi) is 3.22. The molecule has 0 aromatic rings. The number of nitrogens with zero attached hydrogens (tertiary/aromatic N) is 1. The van der Waals surface area contributed by atoms with Crippen LogP contribution >= 0.6 is 0 Å². The smallest absolute Gasteiger partial charge is 0.149 e. The number of likely N-dealkylation sites (tertiary alicyclic amines) is 1. The molecule has 14 heavy (non-hydrogen) atoms. The van der Waals surface area contributed by atoms with Crippen molar-refractivity contribution >= 4 is 5.78 Å². The monoisotopic (exact) mass is 195 g/mol. The number of hydrogen-bond donors (Lipinski definition) is 0. The lowest BCUT2D eigenvalue weighted by atomic mass is 9.93. The summed E-state index contributed by atoms with van der Waals surface area (Å²) in [6.07, 6.45) is 6.91. The van der Waals surface area contributed by atoms with Gasteiger partial charge in [0, 0.05) is 13.0 Å². The van der Waals surface area contributed by atoms with Crippen LogP contribution in [0.3, 0.4) is 0 Å². The van der Waals surface area contributed by atoms with Gasteiger partial charge in [-0.1, -0.05) is 19.8 Å². The van der Waals surface area contributed by atoms with Crippen molar-refractivity contribution < 1.29 is 4.79 Å². The second-order valence-corrected chi connectivity index (χ2v) is 4.79. The molecule has 1 saturated carbocycles. The van der Waals surface area contributed by atoms with E-state index in [-0.39, 0.29) is 0 Å². The highest BCUT2D eigenvalue weighted by atomic mass is 16.1. The van der Waals surface area contributed by atoms with Gasteiger partial charge in [0.25, 0.3) is 0 Å². The van der Waals surface area contributed by atoms with Crippen LogP contribution in [0.15, 0.2) is 0 Å². The highest BCUT2D eigenvalue weighted by Gasteiger charge is 2.32. The second-order valence-electron chi connectivity index (χ2n) is 4.79. The van der Waals surface area contributed by atoms with Crippen LogP contribution in [0.1, 0.15) is 45.4 Å². The normalized spacial score (nSPS) is 35.1. The van der Waals surface area contributed by atoms with E-state index in [2.05, 4.69) is 11.8 Å². The zero-order chi connectivity index (χ0) is 9.97. The molecule has 2 rings (SSSR count). The standard InChI is InChI=1S/C12H21NO/c1-2-10-7-8-13(9-10)11-5-3-4-6-12(11)14/h10-11H,2-9H2,1H3. The van der Waals surface area contributed by atoms with E-state index in [1.165, 1.54) is 25.8 Å². The maximum absolute atomic E-state index is 11.7. The molecule has 2 fully saturated rings. The molecule has 0 aromatic heterocycles. The molecule has 0 radical (unpaired) electrons. The van der Waals surface area contributed by atoms with Crippen LogP contribution in [-0.2, 0) is 4.79 Å². The van der Waals surface area contributed by atoms with Crippen molar-refractivity contribution in [1.82, 2.24) is 4.90 Å². The fourth-order valence-corrected chi connectivity index (χ4v) is 2.83. The molecular weight excluding hydrogens is 174 g/mol. The maximum Gasteiger partial charge on any atom is 0.149 e. The Hall–Kier alpha value is -0.370. The van der Waals surface area contributed by atoms with Crippen LogP contribution in [0.2, 0.25) is 0 Å². The number of carbonyl (C=O) groups excluding carboxylic acids is 1. The van der Waals surface area contributed by atoms with E-state index < -0.39 is 0 Å². The Morgan fingerprint density at radius 1 is 1.36 bits per heavy atom. The zero-order valence-electron chi connectivity index (χ0n) is 9.17. The molecule has 1 saturated heterocycles. The van der Waals surface area contributed by atoms with Crippen LogP contribution in [0.4, 0.5) is 0 Å². The van der Waals surface area contributed by atoms with Gasteiger partial charge in [-0.05, 0) is 31.7 Å². The van der Waals surface area contributed by atoms with Crippen molar-refractivity contribution in [3.8, 4) is 0 Å². The average Bonchev–Trinajstić information content (AvgIpc) is 2.67. The molecule has 2 unspecified atom stereocenters. The Bertz CT molecular complexity index is 214. The summed E-state index contributed by atoms with van der Waals surface area (Å²) in [5.41, 5.74) is 0. The van der Waals surface area contributed by atoms with Crippen LogP contribution in [0.25, 0.3) is 0 Å². The van der Waals surface area contributed by atoms with Gasteiger partial charge in [-0.3, -0.25) is 9.69 Å². The van der Waals surface area contributed by atoms with Gasteiger partial charge in [0.15, 0.2) is 0 Å². The first-order chi connectivity index (χ1) is 6.81. The third kappa shape index (κ3) is 2.00. The summed E-state index contributed by atoms with van der Waals surface area (Å²) < 4.78 is 0. The zero-order valence-corrected chi connectivity index (χ0v) is 9.17. The van der Waals surface area contributed by atoms with Gasteiger partial charge < -0.3 is 0 Å². The molecule has 0 aromatic carbocycles. The second kappa shape index (κ2) is 4.43. The van der Waals surface area contributed by atoms with Crippen molar-refractivity contribution in [1.29, 1.82) is 0 Å². The number of ketones is 1. The third-order valence-electron chi connectivity index (χ3n) is 3.86. The lowest BCUT2D eigenvalue weighted by Crippen LogP contribution is -2.41. The van der Waals surface area contributed by atoms with E-state index >= 15 is 0 Å². The van der Waals surface area contributed by atoms with E-state index in [0.717, 1.165) is 31.7 Å². The first-order valence-corrected chi connectivity index (χ1v) is 6.08. The lowest BCUT2D eigenvalue weighted by Gasteiger charge is -2.29. The summed E-state index contributed by atoms with van der Waals surface area (Å²) in [5, 5.41) is 0. The Morgan fingerprint density at radius 3 is 2.86 bits per heavy atom. The summed E-state index contributed by atoms with van der Waals surface area (Å²) in [5.74, 6) is 1.36. The summed E-state index contributed by atoms with van der Waals surface area (Å²) in [7, 11) is 0. The Balaban J connectivity index is 1.91. The van der Waals surface area contributed by atoms with Crippen molar-refractivity contribution in [2.24, 2.45) is 5.92 Å². The number of rotatable bonds is 2. The molecule has 2 atom stereocenters. The SMILES string of the molecule is CCC1CCN(C2CCCCC2=O)C1. The lowest BCUT2D eigenvalue weighted by molar-refractivity contribution is -0.125. The molecule has 0 bridgehead atoms. The fourth-order valence-electron chi connectivity index (χ4n) is 2.83. The largest absolute Gasteiger partial charge is 0.298 e. The minimum atomic E-state index is 0.292. The molecule has 0 amide bonds. The Morgan fingerprint density at radius 2 is 2.21 bits per heavy atom. The quantitative estimate of drug-likeness (QED) is 0.673. The van der Waals surface area contributed by atoms with Crippen LogP contribution in [-0.4, -0.2) is 29.8 Å². The molecule has 1 aliphatic carbocycles. The molecule has 0 spiro atoms. The van der Waals surface area contributed by atoms with Gasteiger partial charge in [0.05, 0.1) is 6.04 Å². The van der Waals surface area contributed by atoms with Crippen LogP contribution in [0, 0.1) is 5.92 Å². The van der Waals surface area contributed by atoms with E-state index in [0.29, 0.717) is 11.8 Å². The van der Waals surface area contributed by atoms with E-state index in [1.54, 1.807) is 0 Å². The Labute approximate surface area is 86.7 Å². The summed E-state index contributed by atoms with van der Waals surface area (Å²) >= 11 is 0. The van der Waals surface area contributed by atoms with Crippen LogP contribution in [0.5, 0.6) is 0 Å². The predicted molar refractivity (Wildman–Crippen MR) is 57.2 cm³/mol. The van der Waals surface area contributed by atoms with E-state index in [1.807, 2.05) is 0 Å². The van der Waals surface area contributed by atoms with Crippen molar-refractivity contribution in [2.45, 2.75) is 51.5 Å². The van der Waals surface area contributed by atoms with Gasteiger partial charge in [-0.25, -0.2) is 0 Å². The minimum absolute atomic E-state index is 0.292. The summed E-state index contributed by atoms with van der Waals surface area (Å²) in [4.78, 5) is 14.2. The topological polar surface area (TPSA) is 20.3 Å². The molecule has 1 aliphatic heterocycles. The number of carbonyl (C=O) groups is 1. The van der Waals surface area contributed by atoms with Gasteiger partial charge in [-0.2, -0.15) is 0 Å². The number of Topliss-reactive ketones (excluding diaryl/α,β-unsaturated/α-hetero) is 1. The highest BCUT2D eigenvalue weighted by Crippen LogP contribution is 2.26. The highest BCUT2D eigenvalue weighted by molar-refractivity contribution is 5.84. The maximum atomic E-state index is 11.7. The van der Waals surface area contributed by atoms with Crippen LogP contribution < -0.4 is 0 Å². The van der Waals surface area contributed by atoms with Gasteiger partial charge in [0.1, 0.15) is 5.78 Å². The number of hydrogen-bond acceptors (Lipinski definition) is 2. The fraction of sp³-hybridized carbons (Fsp3) is 0.917. The van der Waals surface area contributed by atoms with Crippen molar-refractivity contribution in [3.63, 3.8) is 0 Å². The molecule has 80 valence electrons. The van der Waals surface area contributed by atoms with E-state index in [4.69, 9.17) is 0 Å². The minimum Gasteiger partial charge on any atom is -0.298 e. The first kappa shape index (κ1) is 10.2. The average molecular weight is 195 g/mol. The summed E-state index contributed by atoms with van der Waals surface area (Å²) in [6.45, 7) is 4.60. The summed E-state index contributed by atoms with van der Waals surface area (Å²) in [6, 6.07) is 0.292. The predicted octanol–water partition coefficient (Wildman–Crippen LogP) is 2.23. The van der Waals surface area contributed by atoms with Gasteiger partial charge >= 0.3 is 0 Å². The molecule has 2 nitrogen and oxygen atoms in total. The van der Waals surface area contributed by atoms with Gasteiger partial charge in [-0.15, -0.1) is 0 Å².